The number of aryl methyl sites for hydroxylation is 1. The molecule has 0 atom stereocenters. The highest BCUT2D eigenvalue weighted by molar-refractivity contribution is 5.93. The van der Waals surface area contributed by atoms with E-state index in [2.05, 4.69) is 6.07 Å². The van der Waals surface area contributed by atoms with Crippen LogP contribution in [0.25, 0.3) is 0 Å². The van der Waals surface area contributed by atoms with Gasteiger partial charge in [0.15, 0.2) is 0 Å². The Balaban J connectivity index is 2.26. The van der Waals surface area contributed by atoms with Crippen LogP contribution in [0.15, 0.2) is 18.2 Å². The van der Waals surface area contributed by atoms with Gasteiger partial charge in [-0.15, -0.1) is 0 Å². The Morgan fingerprint density at radius 3 is 2.82 bits per heavy atom. The van der Waals surface area contributed by atoms with Gasteiger partial charge in [0.2, 0.25) is 5.91 Å². The lowest BCUT2D eigenvalue weighted by atomic mass is 10.1. The zero-order chi connectivity index (χ0) is 12.3. The van der Waals surface area contributed by atoms with Crippen LogP contribution in [0.4, 0.5) is 5.69 Å². The maximum absolute atomic E-state index is 12.0. The number of hydrogen-bond acceptors (Lipinski definition) is 2. The SMILES string of the molecule is Cc1cc(N2CCCCCC2=O)ccc1CN. The number of benzene rings is 1. The zero-order valence-corrected chi connectivity index (χ0v) is 10.4. The van der Waals surface area contributed by atoms with Crippen molar-refractivity contribution >= 4 is 11.6 Å². The van der Waals surface area contributed by atoms with Crippen LogP contribution in [0.5, 0.6) is 0 Å². The highest BCUT2D eigenvalue weighted by atomic mass is 16.2. The van der Waals surface area contributed by atoms with Gasteiger partial charge in [0.1, 0.15) is 0 Å². The molecule has 1 aromatic rings. The molecule has 0 saturated carbocycles. The van der Waals surface area contributed by atoms with Crippen LogP contribution in [0.2, 0.25) is 0 Å². The van der Waals surface area contributed by atoms with Crippen molar-refractivity contribution in [3.8, 4) is 0 Å². The van der Waals surface area contributed by atoms with Crippen molar-refractivity contribution in [2.45, 2.75) is 39.2 Å². The minimum absolute atomic E-state index is 0.252. The average molecular weight is 232 g/mol. The molecule has 0 radical (unpaired) electrons. The number of carbonyl (C=O) groups excluding carboxylic acids is 1. The predicted molar refractivity (Wildman–Crippen MR) is 69.9 cm³/mol. The summed E-state index contributed by atoms with van der Waals surface area (Å²) in [5.41, 5.74) is 8.99. The molecule has 1 fully saturated rings. The highest BCUT2D eigenvalue weighted by Crippen LogP contribution is 2.23. The third-order valence-electron chi connectivity index (χ3n) is 3.43. The van der Waals surface area contributed by atoms with Crippen LogP contribution in [0, 0.1) is 6.92 Å². The molecule has 1 aliphatic heterocycles. The van der Waals surface area contributed by atoms with Crippen molar-refractivity contribution in [1.82, 2.24) is 0 Å². The second kappa shape index (κ2) is 5.32. The molecule has 3 nitrogen and oxygen atoms in total. The van der Waals surface area contributed by atoms with E-state index in [0.29, 0.717) is 13.0 Å². The molecule has 0 aromatic heterocycles. The second-order valence-corrected chi connectivity index (χ2v) is 4.67. The van der Waals surface area contributed by atoms with Crippen molar-refractivity contribution in [2.24, 2.45) is 5.73 Å². The third kappa shape index (κ3) is 2.67. The van der Waals surface area contributed by atoms with E-state index >= 15 is 0 Å². The maximum Gasteiger partial charge on any atom is 0.226 e. The van der Waals surface area contributed by atoms with Gasteiger partial charge in [-0.05, 0) is 43.0 Å². The first kappa shape index (κ1) is 12.1. The van der Waals surface area contributed by atoms with Gasteiger partial charge in [-0.2, -0.15) is 0 Å². The first-order valence-corrected chi connectivity index (χ1v) is 6.32. The minimum atomic E-state index is 0.252. The van der Waals surface area contributed by atoms with Crippen LogP contribution < -0.4 is 10.6 Å². The summed E-state index contributed by atoms with van der Waals surface area (Å²) in [4.78, 5) is 13.9. The van der Waals surface area contributed by atoms with Gasteiger partial charge in [-0.3, -0.25) is 4.79 Å². The molecule has 1 saturated heterocycles. The fourth-order valence-corrected chi connectivity index (χ4v) is 2.33. The molecule has 0 aliphatic carbocycles. The Hall–Kier alpha value is -1.35. The van der Waals surface area contributed by atoms with E-state index in [9.17, 15) is 4.79 Å². The Labute approximate surface area is 103 Å². The number of amides is 1. The smallest absolute Gasteiger partial charge is 0.226 e. The van der Waals surface area contributed by atoms with Gasteiger partial charge < -0.3 is 10.6 Å². The standard InChI is InChI=1S/C14H20N2O/c1-11-9-13(7-6-12(11)10-15)16-8-4-2-3-5-14(16)17/h6-7,9H,2-5,8,10,15H2,1H3. The molecule has 0 unspecified atom stereocenters. The molecule has 1 aromatic carbocycles. The Kier molecular flexibility index (Phi) is 3.79. The lowest BCUT2D eigenvalue weighted by molar-refractivity contribution is -0.118. The van der Waals surface area contributed by atoms with Crippen LogP contribution in [0.3, 0.4) is 0 Å². The topological polar surface area (TPSA) is 46.3 Å². The number of carbonyl (C=O) groups is 1. The van der Waals surface area contributed by atoms with Gasteiger partial charge in [0.25, 0.3) is 0 Å². The molecule has 1 heterocycles. The normalized spacial score (nSPS) is 17.1. The average Bonchev–Trinajstić information content (AvgIpc) is 2.54. The second-order valence-electron chi connectivity index (χ2n) is 4.67. The third-order valence-corrected chi connectivity index (χ3v) is 3.43. The summed E-state index contributed by atoms with van der Waals surface area (Å²) in [5, 5.41) is 0. The van der Waals surface area contributed by atoms with Crippen molar-refractivity contribution in [1.29, 1.82) is 0 Å². The molecule has 1 amide bonds. The van der Waals surface area contributed by atoms with Gasteiger partial charge in [0, 0.05) is 25.2 Å². The van der Waals surface area contributed by atoms with Crippen molar-refractivity contribution in [2.75, 3.05) is 11.4 Å². The number of rotatable bonds is 2. The van der Waals surface area contributed by atoms with Crippen LogP contribution in [0.1, 0.15) is 36.8 Å². The largest absolute Gasteiger partial charge is 0.326 e. The number of nitrogens with two attached hydrogens (primary N) is 1. The molecule has 0 bridgehead atoms. The lowest BCUT2D eigenvalue weighted by Crippen LogP contribution is -2.30. The monoisotopic (exact) mass is 232 g/mol. The Morgan fingerprint density at radius 1 is 1.29 bits per heavy atom. The van der Waals surface area contributed by atoms with Crippen molar-refractivity contribution in [3.63, 3.8) is 0 Å². The lowest BCUT2D eigenvalue weighted by Gasteiger charge is -2.21. The molecule has 1 aliphatic rings. The zero-order valence-electron chi connectivity index (χ0n) is 10.4. The van der Waals surface area contributed by atoms with E-state index in [1.165, 1.54) is 5.56 Å². The minimum Gasteiger partial charge on any atom is -0.326 e. The molecule has 92 valence electrons. The molecule has 3 heteroatoms. The van der Waals surface area contributed by atoms with Gasteiger partial charge >= 0.3 is 0 Å². The Bertz CT molecular complexity index is 415. The van der Waals surface area contributed by atoms with Crippen molar-refractivity contribution < 1.29 is 4.79 Å². The molecule has 17 heavy (non-hydrogen) atoms. The summed E-state index contributed by atoms with van der Waals surface area (Å²) in [6, 6.07) is 6.12. The Morgan fingerprint density at radius 2 is 2.12 bits per heavy atom. The summed E-state index contributed by atoms with van der Waals surface area (Å²) >= 11 is 0. The highest BCUT2D eigenvalue weighted by Gasteiger charge is 2.18. The quantitative estimate of drug-likeness (QED) is 0.850. The summed E-state index contributed by atoms with van der Waals surface area (Å²) in [6.07, 6.45) is 3.96. The fraction of sp³-hybridized carbons (Fsp3) is 0.500. The van der Waals surface area contributed by atoms with E-state index < -0.39 is 0 Å². The van der Waals surface area contributed by atoms with Gasteiger partial charge in [-0.25, -0.2) is 0 Å². The van der Waals surface area contributed by atoms with Crippen LogP contribution in [-0.4, -0.2) is 12.5 Å². The summed E-state index contributed by atoms with van der Waals surface area (Å²) in [5.74, 6) is 0.252. The maximum atomic E-state index is 12.0. The number of hydrogen-bond donors (Lipinski definition) is 1. The molecule has 2 N–H and O–H groups in total. The summed E-state index contributed by atoms with van der Waals surface area (Å²) in [6.45, 7) is 3.45. The molecule has 2 rings (SSSR count). The van der Waals surface area contributed by atoms with Gasteiger partial charge in [-0.1, -0.05) is 12.5 Å². The molecular weight excluding hydrogens is 212 g/mol. The van der Waals surface area contributed by atoms with Crippen LogP contribution >= 0.6 is 0 Å². The van der Waals surface area contributed by atoms with Crippen LogP contribution in [-0.2, 0) is 11.3 Å². The molecular formula is C14H20N2O. The number of anilines is 1. The van der Waals surface area contributed by atoms with E-state index in [1.807, 2.05) is 24.0 Å². The van der Waals surface area contributed by atoms with Crippen molar-refractivity contribution in [3.05, 3.63) is 29.3 Å². The predicted octanol–water partition coefficient (Wildman–Crippen LogP) is 2.36. The molecule has 0 spiro atoms. The first-order chi connectivity index (χ1) is 8.22. The first-order valence-electron chi connectivity index (χ1n) is 6.32. The van der Waals surface area contributed by atoms with E-state index in [1.54, 1.807) is 0 Å². The van der Waals surface area contributed by atoms with E-state index in [4.69, 9.17) is 5.73 Å². The number of nitrogens with zero attached hydrogens (tertiary/aromatic N) is 1. The van der Waals surface area contributed by atoms with E-state index in [0.717, 1.165) is 37.1 Å². The fourth-order valence-electron chi connectivity index (χ4n) is 2.33. The summed E-state index contributed by atoms with van der Waals surface area (Å²) < 4.78 is 0. The van der Waals surface area contributed by atoms with Gasteiger partial charge in [0.05, 0.1) is 0 Å². The summed E-state index contributed by atoms with van der Waals surface area (Å²) in [7, 11) is 0. The van der Waals surface area contributed by atoms with E-state index in [-0.39, 0.29) is 5.91 Å².